The van der Waals surface area contributed by atoms with Crippen molar-refractivity contribution in [3.05, 3.63) is 36.0 Å². The van der Waals surface area contributed by atoms with Gasteiger partial charge in [0.2, 0.25) is 11.5 Å². The summed E-state index contributed by atoms with van der Waals surface area (Å²) in [6, 6.07) is 0. The molecule has 6 heteroatoms. The maximum absolute atomic E-state index is 11.2. The van der Waals surface area contributed by atoms with Crippen molar-refractivity contribution >= 4 is 11.9 Å². The summed E-state index contributed by atoms with van der Waals surface area (Å²) in [6.45, 7) is 5.31. The standard InChI is InChI=1S/C11H12O6/c1-3-5-16-10-7(6-8(12)15-4-2)17-11(14)9(10)13/h3,6,13H,1,4-5H2,2H3/b7-6-. The van der Waals surface area contributed by atoms with Gasteiger partial charge in [-0.2, -0.15) is 0 Å². The molecule has 0 aromatic heterocycles. The summed E-state index contributed by atoms with van der Waals surface area (Å²) in [5.41, 5.74) is 0. The van der Waals surface area contributed by atoms with Crippen LogP contribution in [0.1, 0.15) is 6.92 Å². The number of hydrogen-bond acceptors (Lipinski definition) is 6. The van der Waals surface area contributed by atoms with Crippen molar-refractivity contribution in [1.82, 2.24) is 0 Å². The minimum atomic E-state index is -0.973. The number of aliphatic hydroxyl groups excluding tert-OH is 1. The summed E-state index contributed by atoms with van der Waals surface area (Å²) in [7, 11) is 0. The number of esters is 2. The summed E-state index contributed by atoms with van der Waals surface area (Å²) >= 11 is 0. The van der Waals surface area contributed by atoms with E-state index in [0.717, 1.165) is 6.08 Å². The second-order valence-electron chi connectivity index (χ2n) is 2.93. The van der Waals surface area contributed by atoms with Crippen LogP contribution in [0.4, 0.5) is 0 Å². The van der Waals surface area contributed by atoms with Gasteiger partial charge in [0.15, 0.2) is 5.76 Å². The van der Waals surface area contributed by atoms with E-state index in [1.165, 1.54) is 6.08 Å². The SMILES string of the molecule is C=CCOC1=C(O)C(=O)O/C1=C\C(=O)OCC. The second-order valence-corrected chi connectivity index (χ2v) is 2.93. The van der Waals surface area contributed by atoms with Gasteiger partial charge in [-0.25, -0.2) is 9.59 Å². The average Bonchev–Trinajstić information content (AvgIpc) is 2.53. The first kappa shape index (κ1) is 12.8. The van der Waals surface area contributed by atoms with E-state index in [4.69, 9.17) is 4.74 Å². The van der Waals surface area contributed by atoms with Crippen LogP contribution in [0.2, 0.25) is 0 Å². The number of carbonyl (C=O) groups excluding carboxylic acids is 2. The Hall–Kier alpha value is -2.24. The van der Waals surface area contributed by atoms with E-state index >= 15 is 0 Å². The fraction of sp³-hybridized carbons (Fsp3) is 0.273. The van der Waals surface area contributed by atoms with Crippen LogP contribution < -0.4 is 0 Å². The molecular weight excluding hydrogens is 228 g/mol. The fourth-order valence-corrected chi connectivity index (χ4v) is 1.07. The zero-order chi connectivity index (χ0) is 12.8. The summed E-state index contributed by atoms with van der Waals surface area (Å²) < 4.78 is 14.3. The van der Waals surface area contributed by atoms with E-state index in [1.807, 2.05) is 0 Å². The predicted molar refractivity (Wildman–Crippen MR) is 56.6 cm³/mol. The molecule has 17 heavy (non-hydrogen) atoms. The zero-order valence-electron chi connectivity index (χ0n) is 9.26. The third-order valence-corrected chi connectivity index (χ3v) is 1.72. The summed E-state index contributed by atoms with van der Waals surface area (Å²) in [6.07, 6.45) is 2.36. The van der Waals surface area contributed by atoms with Gasteiger partial charge in [-0.1, -0.05) is 12.7 Å². The number of aliphatic hydroxyl groups is 1. The Balaban J connectivity index is 2.89. The van der Waals surface area contributed by atoms with Crippen molar-refractivity contribution < 1.29 is 28.9 Å². The molecule has 0 atom stereocenters. The fourth-order valence-electron chi connectivity index (χ4n) is 1.07. The topological polar surface area (TPSA) is 82.1 Å². The Morgan fingerprint density at radius 2 is 2.29 bits per heavy atom. The van der Waals surface area contributed by atoms with Gasteiger partial charge in [0.25, 0.3) is 0 Å². The van der Waals surface area contributed by atoms with E-state index in [2.05, 4.69) is 16.1 Å². The molecule has 1 heterocycles. The highest BCUT2D eigenvalue weighted by atomic mass is 16.6. The lowest BCUT2D eigenvalue weighted by molar-refractivity contribution is -0.137. The third kappa shape index (κ3) is 3.10. The van der Waals surface area contributed by atoms with Gasteiger partial charge in [0.1, 0.15) is 6.61 Å². The molecule has 0 unspecified atom stereocenters. The molecule has 0 spiro atoms. The second kappa shape index (κ2) is 5.74. The average molecular weight is 240 g/mol. The Morgan fingerprint density at radius 1 is 1.59 bits per heavy atom. The monoisotopic (exact) mass is 240 g/mol. The van der Waals surface area contributed by atoms with E-state index in [-0.39, 0.29) is 24.7 Å². The Morgan fingerprint density at radius 3 is 2.88 bits per heavy atom. The molecule has 1 aliphatic heterocycles. The molecule has 6 nitrogen and oxygen atoms in total. The molecule has 1 N–H and O–H groups in total. The van der Waals surface area contributed by atoms with Crippen LogP contribution in [-0.4, -0.2) is 30.3 Å². The number of hydrogen-bond donors (Lipinski definition) is 1. The molecule has 0 aromatic rings. The molecule has 1 rings (SSSR count). The van der Waals surface area contributed by atoms with Crippen molar-refractivity contribution in [2.75, 3.05) is 13.2 Å². The Bertz CT molecular complexity index is 404. The highest BCUT2D eigenvalue weighted by molar-refractivity contribution is 5.93. The maximum Gasteiger partial charge on any atom is 0.383 e. The molecule has 92 valence electrons. The molecule has 0 aliphatic carbocycles. The van der Waals surface area contributed by atoms with Crippen LogP contribution in [0, 0.1) is 0 Å². The van der Waals surface area contributed by atoms with Gasteiger partial charge in [0, 0.05) is 0 Å². The van der Waals surface area contributed by atoms with Gasteiger partial charge in [0.05, 0.1) is 12.7 Å². The van der Waals surface area contributed by atoms with Gasteiger partial charge in [-0.05, 0) is 6.92 Å². The number of ether oxygens (including phenoxy) is 3. The van der Waals surface area contributed by atoms with Crippen LogP contribution in [-0.2, 0) is 23.8 Å². The lowest BCUT2D eigenvalue weighted by atomic mass is 10.3. The third-order valence-electron chi connectivity index (χ3n) is 1.72. The molecule has 1 aliphatic rings. The van der Waals surface area contributed by atoms with Crippen LogP contribution in [0.3, 0.4) is 0 Å². The van der Waals surface area contributed by atoms with Crippen molar-refractivity contribution in [2.24, 2.45) is 0 Å². The molecule has 0 bridgehead atoms. The lowest BCUT2D eigenvalue weighted by Crippen LogP contribution is -2.03. The van der Waals surface area contributed by atoms with Gasteiger partial charge in [-0.15, -0.1) is 0 Å². The van der Waals surface area contributed by atoms with Crippen LogP contribution in [0.5, 0.6) is 0 Å². The van der Waals surface area contributed by atoms with E-state index in [9.17, 15) is 14.7 Å². The van der Waals surface area contributed by atoms with Gasteiger partial charge >= 0.3 is 11.9 Å². The molecule has 0 saturated carbocycles. The van der Waals surface area contributed by atoms with Gasteiger partial charge in [-0.3, -0.25) is 0 Å². The molecule has 0 amide bonds. The zero-order valence-corrected chi connectivity index (χ0v) is 9.26. The van der Waals surface area contributed by atoms with Crippen molar-refractivity contribution in [2.45, 2.75) is 6.92 Å². The molecule has 0 aromatic carbocycles. The van der Waals surface area contributed by atoms with E-state index < -0.39 is 17.7 Å². The smallest absolute Gasteiger partial charge is 0.383 e. The highest BCUT2D eigenvalue weighted by Gasteiger charge is 2.32. The first-order valence-corrected chi connectivity index (χ1v) is 4.88. The quantitative estimate of drug-likeness (QED) is 0.438. The Labute approximate surface area is 97.8 Å². The molecular formula is C11H12O6. The van der Waals surface area contributed by atoms with Crippen molar-refractivity contribution in [3.8, 4) is 0 Å². The van der Waals surface area contributed by atoms with Crippen molar-refractivity contribution in [1.29, 1.82) is 0 Å². The largest absolute Gasteiger partial charge is 0.499 e. The van der Waals surface area contributed by atoms with E-state index in [0.29, 0.717) is 0 Å². The maximum atomic E-state index is 11.2. The first-order chi connectivity index (χ1) is 8.10. The minimum Gasteiger partial charge on any atom is -0.499 e. The highest BCUT2D eigenvalue weighted by Crippen LogP contribution is 2.25. The van der Waals surface area contributed by atoms with Crippen LogP contribution in [0.15, 0.2) is 36.0 Å². The Kier molecular flexibility index (Phi) is 4.33. The molecule has 0 saturated heterocycles. The molecule has 0 fully saturated rings. The van der Waals surface area contributed by atoms with E-state index in [1.54, 1.807) is 6.92 Å². The summed E-state index contributed by atoms with van der Waals surface area (Å²) in [4.78, 5) is 22.2. The first-order valence-electron chi connectivity index (χ1n) is 4.88. The van der Waals surface area contributed by atoms with Gasteiger partial charge < -0.3 is 19.3 Å². The summed E-state index contributed by atoms with van der Waals surface area (Å²) in [5.74, 6) is -2.71. The summed E-state index contributed by atoms with van der Waals surface area (Å²) in [5, 5.41) is 9.35. The molecule has 0 radical (unpaired) electrons. The lowest BCUT2D eigenvalue weighted by Gasteiger charge is -2.04. The van der Waals surface area contributed by atoms with Crippen molar-refractivity contribution in [3.63, 3.8) is 0 Å². The number of carbonyl (C=O) groups is 2. The number of rotatable bonds is 5. The predicted octanol–water partition coefficient (Wildman–Crippen LogP) is 0.962. The van der Waals surface area contributed by atoms with Crippen LogP contribution in [0.25, 0.3) is 0 Å². The normalized spacial score (nSPS) is 17.0. The van der Waals surface area contributed by atoms with Crippen LogP contribution >= 0.6 is 0 Å². The number of cyclic esters (lactones) is 1. The minimum absolute atomic E-state index is 0.0657.